The zero-order valence-corrected chi connectivity index (χ0v) is 14.1. The van der Waals surface area contributed by atoms with Gasteiger partial charge in [-0.05, 0) is 25.3 Å². The second-order valence-corrected chi connectivity index (χ2v) is 6.18. The van der Waals surface area contributed by atoms with Crippen molar-refractivity contribution in [2.24, 2.45) is 0 Å². The first-order valence-electron chi connectivity index (χ1n) is 8.62. The van der Waals surface area contributed by atoms with E-state index in [-0.39, 0.29) is 18.2 Å². The third kappa shape index (κ3) is 4.16. The third-order valence-corrected chi connectivity index (χ3v) is 4.46. The van der Waals surface area contributed by atoms with E-state index in [0.717, 1.165) is 31.6 Å². The highest BCUT2D eigenvalue weighted by molar-refractivity contribution is 5.69. The summed E-state index contributed by atoms with van der Waals surface area (Å²) in [6, 6.07) is 9.79. The molecule has 1 aromatic carbocycles. The van der Waals surface area contributed by atoms with E-state index in [1.54, 1.807) is 0 Å². The molecule has 1 amide bonds. The third-order valence-electron chi connectivity index (χ3n) is 4.46. The van der Waals surface area contributed by atoms with E-state index in [1.165, 1.54) is 5.57 Å². The van der Waals surface area contributed by atoms with Gasteiger partial charge in [-0.25, -0.2) is 4.79 Å². The molecule has 130 valence electrons. The van der Waals surface area contributed by atoms with Crippen LogP contribution in [0, 0.1) is 0 Å². The number of hydrogen-bond donors (Lipinski definition) is 0. The largest absolute Gasteiger partial charge is 0.445 e. The number of ether oxygens (including phenoxy) is 3. The molecule has 2 atom stereocenters. The van der Waals surface area contributed by atoms with Crippen molar-refractivity contribution in [1.29, 1.82) is 0 Å². The molecule has 5 nitrogen and oxygen atoms in total. The molecule has 0 N–H and O–H groups in total. The van der Waals surface area contributed by atoms with Gasteiger partial charge >= 0.3 is 6.09 Å². The van der Waals surface area contributed by atoms with Gasteiger partial charge in [-0.1, -0.05) is 42.0 Å². The molecule has 2 heterocycles. The fourth-order valence-electron chi connectivity index (χ4n) is 3.30. The normalized spacial score (nSPS) is 22.9. The Morgan fingerprint density at radius 3 is 2.88 bits per heavy atom. The molecule has 2 unspecified atom stereocenters. The summed E-state index contributed by atoms with van der Waals surface area (Å²) in [6.07, 6.45) is 3.66. The molecule has 0 radical (unpaired) electrons. The summed E-state index contributed by atoms with van der Waals surface area (Å²) in [5.41, 5.74) is 2.35. The number of fused-ring (bicyclic) bond motifs is 2. The summed E-state index contributed by atoms with van der Waals surface area (Å²) in [4.78, 5) is 14.4. The molecule has 3 rings (SSSR count). The van der Waals surface area contributed by atoms with Crippen LogP contribution in [0.2, 0.25) is 0 Å². The maximum atomic E-state index is 12.5. The van der Waals surface area contributed by atoms with Gasteiger partial charge in [0.05, 0.1) is 31.9 Å². The molecule has 1 aromatic rings. The molecule has 5 heteroatoms. The maximum absolute atomic E-state index is 12.5. The van der Waals surface area contributed by atoms with Crippen LogP contribution in [0.25, 0.3) is 0 Å². The maximum Gasteiger partial charge on any atom is 0.411 e. The first-order valence-corrected chi connectivity index (χ1v) is 8.62. The monoisotopic (exact) mass is 331 g/mol. The van der Waals surface area contributed by atoms with Crippen molar-refractivity contribution in [2.45, 2.75) is 38.5 Å². The Balaban J connectivity index is 1.60. The number of carbonyl (C=O) groups is 1. The summed E-state index contributed by atoms with van der Waals surface area (Å²) in [5.74, 6) is 0. The number of rotatable bonds is 6. The highest BCUT2D eigenvalue weighted by Crippen LogP contribution is 2.29. The van der Waals surface area contributed by atoms with Gasteiger partial charge in [0.25, 0.3) is 0 Å². The Hall–Kier alpha value is -1.85. The lowest BCUT2D eigenvalue weighted by molar-refractivity contribution is -0.0378. The Labute approximate surface area is 143 Å². The van der Waals surface area contributed by atoms with Crippen LogP contribution in [0.15, 0.2) is 42.0 Å². The summed E-state index contributed by atoms with van der Waals surface area (Å²) in [6.45, 7) is 4.89. The van der Waals surface area contributed by atoms with E-state index in [2.05, 4.69) is 6.08 Å². The molecule has 24 heavy (non-hydrogen) atoms. The van der Waals surface area contributed by atoms with Crippen molar-refractivity contribution < 1.29 is 19.0 Å². The van der Waals surface area contributed by atoms with Crippen molar-refractivity contribution in [2.75, 3.05) is 26.4 Å². The number of morpholine rings is 1. The summed E-state index contributed by atoms with van der Waals surface area (Å²) in [7, 11) is 0. The van der Waals surface area contributed by atoms with Crippen LogP contribution < -0.4 is 0 Å². The van der Waals surface area contributed by atoms with Gasteiger partial charge in [-0.3, -0.25) is 4.90 Å². The van der Waals surface area contributed by atoms with Gasteiger partial charge in [0.1, 0.15) is 6.61 Å². The van der Waals surface area contributed by atoms with E-state index in [0.29, 0.717) is 19.8 Å². The molecular weight excluding hydrogens is 306 g/mol. The van der Waals surface area contributed by atoms with Crippen LogP contribution in [0.4, 0.5) is 4.79 Å². The van der Waals surface area contributed by atoms with E-state index in [1.807, 2.05) is 42.2 Å². The molecule has 0 spiro atoms. The minimum atomic E-state index is -0.253. The van der Waals surface area contributed by atoms with Crippen LogP contribution in [0.1, 0.15) is 25.3 Å². The predicted octanol–water partition coefficient (Wildman–Crippen LogP) is 3.15. The van der Waals surface area contributed by atoms with Crippen LogP contribution in [-0.2, 0) is 20.8 Å². The fourth-order valence-corrected chi connectivity index (χ4v) is 3.30. The average Bonchev–Trinajstić information content (AvgIpc) is 2.60. The van der Waals surface area contributed by atoms with E-state index >= 15 is 0 Å². The smallest absolute Gasteiger partial charge is 0.411 e. The van der Waals surface area contributed by atoms with E-state index in [4.69, 9.17) is 14.2 Å². The Morgan fingerprint density at radius 2 is 2.12 bits per heavy atom. The van der Waals surface area contributed by atoms with Gasteiger partial charge in [0.2, 0.25) is 0 Å². The number of hydrogen-bond acceptors (Lipinski definition) is 4. The molecule has 0 aromatic heterocycles. The molecule has 2 aliphatic heterocycles. The minimum Gasteiger partial charge on any atom is -0.445 e. The molecule has 1 fully saturated rings. The summed E-state index contributed by atoms with van der Waals surface area (Å²) < 4.78 is 16.6. The first kappa shape index (κ1) is 17.0. The zero-order chi connectivity index (χ0) is 16.8. The molecule has 2 aliphatic rings. The van der Waals surface area contributed by atoms with Crippen molar-refractivity contribution >= 4 is 6.09 Å². The van der Waals surface area contributed by atoms with E-state index in [9.17, 15) is 4.79 Å². The molecule has 2 bridgehead atoms. The SMILES string of the molecule is CCOCCC1=CC2COCC(C1)N2C(=O)OCc1ccccc1. The van der Waals surface area contributed by atoms with Gasteiger partial charge in [-0.2, -0.15) is 0 Å². The summed E-state index contributed by atoms with van der Waals surface area (Å²) >= 11 is 0. The predicted molar refractivity (Wildman–Crippen MR) is 90.7 cm³/mol. The number of nitrogens with zero attached hydrogens (tertiary/aromatic N) is 1. The Bertz CT molecular complexity index is 572. The minimum absolute atomic E-state index is 0.0302. The molecule has 0 aliphatic carbocycles. The van der Waals surface area contributed by atoms with Gasteiger partial charge in [-0.15, -0.1) is 0 Å². The van der Waals surface area contributed by atoms with Gasteiger partial charge < -0.3 is 14.2 Å². The van der Waals surface area contributed by atoms with Crippen LogP contribution >= 0.6 is 0 Å². The second-order valence-electron chi connectivity index (χ2n) is 6.18. The highest BCUT2D eigenvalue weighted by atomic mass is 16.6. The second kappa shape index (κ2) is 8.31. The standard InChI is InChI=1S/C19H25NO4/c1-2-22-9-8-16-10-17-13-23-14-18(11-16)20(17)19(21)24-12-15-6-4-3-5-7-15/h3-7,10,17-18H,2,8-9,11-14H2,1H3. The summed E-state index contributed by atoms with van der Waals surface area (Å²) in [5, 5.41) is 0. The Morgan fingerprint density at radius 1 is 1.29 bits per heavy atom. The van der Waals surface area contributed by atoms with Gasteiger partial charge in [0, 0.05) is 6.61 Å². The van der Waals surface area contributed by atoms with Crippen LogP contribution in [0.5, 0.6) is 0 Å². The zero-order valence-electron chi connectivity index (χ0n) is 14.1. The van der Waals surface area contributed by atoms with Gasteiger partial charge in [0.15, 0.2) is 0 Å². The molecule has 1 saturated heterocycles. The van der Waals surface area contributed by atoms with Crippen molar-refractivity contribution in [3.8, 4) is 0 Å². The van der Waals surface area contributed by atoms with Crippen molar-refractivity contribution in [1.82, 2.24) is 4.90 Å². The quantitative estimate of drug-likeness (QED) is 0.593. The fraction of sp³-hybridized carbons (Fsp3) is 0.526. The van der Waals surface area contributed by atoms with Crippen molar-refractivity contribution in [3.05, 3.63) is 47.5 Å². The Kier molecular flexibility index (Phi) is 5.88. The number of benzene rings is 1. The van der Waals surface area contributed by atoms with Crippen LogP contribution in [-0.4, -0.2) is 49.5 Å². The molecule has 0 saturated carbocycles. The lowest BCUT2D eigenvalue weighted by Crippen LogP contribution is -2.56. The first-order chi connectivity index (χ1) is 11.8. The topological polar surface area (TPSA) is 48.0 Å². The highest BCUT2D eigenvalue weighted by Gasteiger charge is 2.38. The van der Waals surface area contributed by atoms with Crippen LogP contribution in [0.3, 0.4) is 0 Å². The average molecular weight is 331 g/mol. The van der Waals surface area contributed by atoms with Crippen molar-refractivity contribution in [3.63, 3.8) is 0 Å². The number of amides is 1. The van der Waals surface area contributed by atoms with E-state index < -0.39 is 0 Å². The lowest BCUT2D eigenvalue weighted by atomic mass is 9.93. The molecular formula is C19H25NO4. The number of carbonyl (C=O) groups excluding carboxylic acids is 1. The lowest BCUT2D eigenvalue weighted by Gasteiger charge is -2.43.